The van der Waals surface area contributed by atoms with Crippen LogP contribution in [0.3, 0.4) is 0 Å². The summed E-state index contributed by atoms with van der Waals surface area (Å²) in [5.74, 6) is 2.55. The van der Waals surface area contributed by atoms with E-state index in [-0.39, 0.29) is 0 Å². The highest BCUT2D eigenvalue weighted by Gasteiger charge is 2.30. The lowest BCUT2D eigenvalue weighted by Gasteiger charge is -2.24. The molecular weight excluding hydrogens is 422 g/mol. The van der Waals surface area contributed by atoms with Gasteiger partial charge < -0.3 is 14.8 Å². The van der Waals surface area contributed by atoms with Gasteiger partial charge in [-0.05, 0) is 76.8 Å². The van der Waals surface area contributed by atoms with Crippen molar-refractivity contribution in [1.82, 2.24) is 29.3 Å². The van der Waals surface area contributed by atoms with Crippen LogP contribution >= 0.6 is 0 Å². The van der Waals surface area contributed by atoms with Gasteiger partial charge in [0.25, 0.3) is 0 Å². The maximum atomic E-state index is 4.75. The number of likely N-dealkylation sites (tertiary alicyclic amines) is 1. The van der Waals surface area contributed by atoms with Crippen LogP contribution in [0.1, 0.15) is 50.5 Å². The molecule has 0 amide bonds. The van der Waals surface area contributed by atoms with Crippen molar-refractivity contribution in [1.29, 1.82) is 0 Å². The van der Waals surface area contributed by atoms with Gasteiger partial charge in [-0.15, -0.1) is 0 Å². The molecule has 1 aromatic carbocycles. The number of aromatic nitrogens is 4. The predicted octanol–water partition coefficient (Wildman–Crippen LogP) is 4.89. The fourth-order valence-corrected chi connectivity index (χ4v) is 5.11. The number of aryl methyl sites for hydroxylation is 1. The first-order chi connectivity index (χ1) is 16.5. The SMILES string of the molecule is Cc1ncc(-c2ccnc(Nc3ccc(CN4CC[C@H](N(C)CC5CC5)C4)cc3)n2)n1C(C)C. The number of anilines is 2. The average Bonchev–Trinajstić information content (AvgIpc) is 3.35. The Hall–Kier alpha value is -2.77. The lowest BCUT2D eigenvalue weighted by Crippen LogP contribution is -2.35. The van der Waals surface area contributed by atoms with Crippen LogP contribution in [0.5, 0.6) is 0 Å². The van der Waals surface area contributed by atoms with Crippen molar-refractivity contribution in [2.24, 2.45) is 5.92 Å². The average molecular weight is 460 g/mol. The topological polar surface area (TPSA) is 62.1 Å². The van der Waals surface area contributed by atoms with Crippen molar-refractivity contribution in [3.8, 4) is 11.4 Å². The van der Waals surface area contributed by atoms with Crippen molar-refractivity contribution < 1.29 is 0 Å². The molecule has 2 aromatic heterocycles. The standard InChI is InChI=1S/C27H37N7/c1-19(2)34-20(3)29-15-26(34)25-11-13-28-27(31-25)30-23-9-7-22(8-10-23)17-33-14-12-24(18-33)32(4)16-21-5-6-21/h7-11,13,15,19,21,24H,5-6,12,14,16-18H2,1-4H3,(H,28,30,31)/t24-/m0/s1. The van der Waals surface area contributed by atoms with Gasteiger partial charge in [-0.3, -0.25) is 4.90 Å². The van der Waals surface area contributed by atoms with Gasteiger partial charge in [0.05, 0.1) is 17.6 Å². The van der Waals surface area contributed by atoms with Crippen LogP contribution in [0, 0.1) is 12.8 Å². The summed E-state index contributed by atoms with van der Waals surface area (Å²) in [5.41, 5.74) is 4.23. The summed E-state index contributed by atoms with van der Waals surface area (Å²) in [4.78, 5) is 18.8. The number of imidazole rings is 1. The second-order valence-electron chi connectivity index (χ2n) is 10.3. The summed E-state index contributed by atoms with van der Waals surface area (Å²) < 4.78 is 2.20. The summed E-state index contributed by atoms with van der Waals surface area (Å²) >= 11 is 0. The summed E-state index contributed by atoms with van der Waals surface area (Å²) in [6, 6.07) is 11.6. The molecule has 1 saturated heterocycles. The Kier molecular flexibility index (Phi) is 6.66. The molecule has 7 heteroatoms. The molecule has 0 radical (unpaired) electrons. The van der Waals surface area contributed by atoms with E-state index < -0.39 is 0 Å². The summed E-state index contributed by atoms with van der Waals surface area (Å²) in [7, 11) is 2.31. The van der Waals surface area contributed by atoms with Gasteiger partial charge in [-0.25, -0.2) is 15.0 Å². The maximum absolute atomic E-state index is 4.75. The minimum Gasteiger partial charge on any atom is -0.324 e. The molecule has 3 aromatic rings. The van der Waals surface area contributed by atoms with Gasteiger partial charge in [-0.2, -0.15) is 0 Å². The highest BCUT2D eigenvalue weighted by molar-refractivity contribution is 5.59. The number of hydrogen-bond donors (Lipinski definition) is 1. The molecule has 0 spiro atoms. The maximum Gasteiger partial charge on any atom is 0.227 e. The van der Waals surface area contributed by atoms with E-state index in [1.54, 1.807) is 6.20 Å². The van der Waals surface area contributed by atoms with Crippen molar-refractivity contribution >= 4 is 11.6 Å². The smallest absolute Gasteiger partial charge is 0.227 e. The Labute approximate surface area is 203 Å². The molecule has 1 atom stereocenters. The second kappa shape index (κ2) is 9.84. The second-order valence-corrected chi connectivity index (χ2v) is 10.3. The monoisotopic (exact) mass is 459 g/mol. The van der Waals surface area contributed by atoms with Crippen LogP contribution in [0.2, 0.25) is 0 Å². The summed E-state index contributed by atoms with van der Waals surface area (Å²) in [6.45, 7) is 11.0. The molecule has 180 valence electrons. The minimum atomic E-state index is 0.320. The molecule has 0 unspecified atom stereocenters. The molecular formula is C27H37N7. The molecule has 0 bridgehead atoms. The summed E-state index contributed by atoms with van der Waals surface area (Å²) in [5, 5.41) is 3.36. The Balaban J connectivity index is 1.19. The molecule has 1 aliphatic heterocycles. The van der Waals surface area contributed by atoms with Crippen molar-refractivity contribution in [2.75, 3.05) is 32.0 Å². The molecule has 7 nitrogen and oxygen atoms in total. The number of nitrogens with one attached hydrogen (secondary N) is 1. The van der Waals surface area contributed by atoms with Crippen LogP contribution in [0.4, 0.5) is 11.6 Å². The van der Waals surface area contributed by atoms with Crippen LogP contribution in [0.15, 0.2) is 42.7 Å². The van der Waals surface area contributed by atoms with E-state index >= 15 is 0 Å². The molecule has 2 fully saturated rings. The predicted molar refractivity (Wildman–Crippen MR) is 137 cm³/mol. The summed E-state index contributed by atoms with van der Waals surface area (Å²) in [6.07, 6.45) is 7.84. The zero-order chi connectivity index (χ0) is 23.7. The fourth-order valence-electron chi connectivity index (χ4n) is 5.11. The lowest BCUT2D eigenvalue weighted by molar-refractivity contribution is 0.222. The third kappa shape index (κ3) is 5.31. The third-order valence-electron chi connectivity index (χ3n) is 7.15. The quantitative estimate of drug-likeness (QED) is 0.492. The minimum absolute atomic E-state index is 0.320. The van der Waals surface area contributed by atoms with E-state index in [0.29, 0.717) is 18.0 Å². The van der Waals surface area contributed by atoms with Gasteiger partial charge in [-0.1, -0.05) is 12.1 Å². The Morgan fingerprint density at radius 1 is 1.09 bits per heavy atom. The van der Waals surface area contributed by atoms with E-state index in [2.05, 4.69) is 74.8 Å². The molecule has 3 heterocycles. The first kappa shape index (κ1) is 23.0. The largest absolute Gasteiger partial charge is 0.324 e. The van der Waals surface area contributed by atoms with E-state index in [1.165, 1.54) is 44.5 Å². The normalized spacial score (nSPS) is 18.8. The highest BCUT2D eigenvalue weighted by atomic mass is 15.2. The number of rotatable bonds is 9. The first-order valence-electron chi connectivity index (χ1n) is 12.6. The Morgan fingerprint density at radius 2 is 1.88 bits per heavy atom. The van der Waals surface area contributed by atoms with Gasteiger partial charge in [0.15, 0.2) is 0 Å². The molecule has 2 aliphatic rings. The molecule has 1 N–H and O–H groups in total. The highest BCUT2D eigenvalue weighted by Crippen LogP contribution is 2.31. The van der Waals surface area contributed by atoms with Crippen LogP contribution in [-0.2, 0) is 6.54 Å². The molecule has 1 saturated carbocycles. The fraction of sp³-hybridized carbons (Fsp3) is 0.519. The van der Waals surface area contributed by atoms with Crippen LogP contribution in [-0.4, -0.2) is 62.0 Å². The van der Waals surface area contributed by atoms with E-state index in [9.17, 15) is 0 Å². The van der Waals surface area contributed by atoms with Gasteiger partial charge in [0.1, 0.15) is 5.82 Å². The van der Waals surface area contributed by atoms with E-state index in [0.717, 1.165) is 35.4 Å². The van der Waals surface area contributed by atoms with Gasteiger partial charge in [0, 0.05) is 50.1 Å². The lowest BCUT2D eigenvalue weighted by atomic mass is 10.2. The number of benzene rings is 1. The molecule has 1 aliphatic carbocycles. The third-order valence-corrected chi connectivity index (χ3v) is 7.15. The van der Waals surface area contributed by atoms with Gasteiger partial charge in [0.2, 0.25) is 5.95 Å². The van der Waals surface area contributed by atoms with Crippen LogP contribution < -0.4 is 5.32 Å². The van der Waals surface area contributed by atoms with Crippen molar-refractivity contribution in [2.45, 2.75) is 58.7 Å². The number of nitrogens with zero attached hydrogens (tertiary/aromatic N) is 6. The molecule has 5 rings (SSSR count). The Bertz CT molecular complexity index is 1100. The van der Waals surface area contributed by atoms with Crippen molar-refractivity contribution in [3.05, 3.63) is 54.1 Å². The first-order valence-corrected chi connectivity index (χ1v) is 12.6. The van der Waals surface area contributed by atoms with Crippen LogP contribution in [0.25, 0.3) is 11.4 Å². The Morgan fingerprint density at radius 3 is 2.62 bits per heavy atom. The van der Waals surface area contributed by atoms with Gasteiger partial charge >= 0.3 is 0 Å². The number of likely N-dealkylation sites (N-methyl/N-ethyl adjacent to an activating group) is 1. The van der Waals surface area contributed by atoms with Crippen molar-refractivity contribution in [3.63, 3.8) is 0 Å². The zero-order valence-electron chi connectivity index (χ0n) is 20.9. The van der Waals surface area contributed by atoms with E-state index in [4.69, 9.17) is 4.98 Å². The number of hydrogen-bond acceptors (Lipinski definition) is 6. The molecule has 34 heavy (non-hydrogen) atoms. The van der Waals surface area contributed by atoms with E-state index in [1.807, 2.05) is 19.2 Å². The zero-order valence-corrected chi connectivity index (χ0v) is 20.9.